The average molecular weight is 728 g/mol. The highest BCUT2D eigenvalue weighted by Crippen LogP contribution is 2.34. The zero-order valence-electron chi connectivity index (χ0n) is 30.1. The molecule has 2 fully saturated rings. The van der Waals surface area contributed by atoms with E-state index in [9.17, 15) is 9.90 Å². The van der Waals surface area contributed by atoms with Crippen molar-refractivity contribution < 1.29 is 47.8 Å². The Labute approximate surface area is 310 Å². The number of rotatable bonds is 16. The van der Waals surface area contributed by atoms with Crippen LogP contribution in [-0.4, -0.2) is 79.0 Å². The van der Waals surface area contributed by atoms with Crippen LogP contribution >= 0.6 is 0 Å². The summed E-state index contributed by atoms with van der Waals surface area (Å²) in [6, 6.07) is 38.0. The van der Waals surface area contributed by atoms with Gasteiger partial charge in [0.25, 0.3) is 0 Å². The predicted octanol–water partition coefficient (Wildman–Crippen LogP) is 5.07. The minimum absolute atomic E-state index is 0.00937. The normalized spacial score (nSPS) is 28.7. The number of hydrogen-bond donors (Lipinski definition) is 2. The minimum Gasteiger partial charge on any atom is -0.457 e. The fourth-order valence-electron chi connectivity index (χ4n) is 6.58. The number of carbonyl (C=O) groups is 1. The summed E-state index contributed by atoms with van der Waals surface area (Å²) in [6.45, 7) is 4.26. The summed E-state index contributed by atoms with van der Waals surface area (Å²) in [5, 5.41) is 11.0. The van der Waals surface area contributed by atoms with Gasteiger partial charge < -0.3 is 48.7 Å². The van der Waals surface area contributed by atoms with Crippen molar-refractivity contribution in [2.24, 2.45) is 5.73 Å². The molecule has 0 unspecified atom stereocenters. The van der Waals surface area contributed by atoms with Crippen molar-refractivity contribution in [3.8, 4) is 0 Å². The van der Waals surface area contributed by atoms with Crippen LogP contribution in [0.3, 0.4) is 0 Å². The molecule has 2 saturated heterocycles. The first-order valence-electron chi connectivity index (χ1n) is 18.0. The lowest BCUT2D eigenvalue weighted by Crippen LogP contribution is -2.67. The summed E-state index contributed by atoms with van der Waals surface area (Å²) in [5.74, 6) is -0.572. The zero-order valence-corrected chi connectivity index (χ0v) is 30.1. The van der Waals surface area contributed by atoms with E-state index in [1.807, 2.05) is 128 Å². The maximum absolute atomic E-state index is 12.5. The van der Waals surface area contributed by atoms with Crippen LogP contribution in [0.5, 0.6) is 0 Å². The molecule has 0 amide bonds. The molecule has 0 saturated carbocycles. The standard InChI is InChI=1S/C42H49NO10/c1-28-36(47-24-31-17-9-4-10-18-31)39(48-25-32-19-11-5-12-20-32)40(49-26-33-21-13-6-14-22-33)42(50-28)53-38-35(43)41(45)52-34(37(38)51-29(2)44)27-46-23-30-15-7-3-8-16-30/h3-22,28,34-42,45H,23-27,43H2,1-2H3/t28-,34+,35+,36+,37+,38+,39+,40-,41-,42-/m0/s1. The molecule has 2 aliphatic rings. The first kappa shape index (κ1) is 38.7. The number of carbonyl (C=O) groups excluding carboxylic acids is 1. The SMILES string of the molecule is CC(=O)O[C@H]1[C@H](O[C@@H]2O[C@@H](C)[C@@H](OCc3ccccc3)[C@@H](OCc3ccccc3)[C@@H]2OCc2ccccc2)[C@@H](N)[C@@H](O)O[C@@H]1COCc1ccccc1. The van der Waals surface area contributed by atoms with E-state index in [-0.39, 0.29) is 26.4 Å². The summed E-state index contributed by atoms with van der Waals surface area (Å²) < 4.78 is 50.8. The van der Waals surface area contributed by atoms with Gasteiger partial charge in [0.1, 0.15) is 30.5 Å². The Morgan fingerprint density at radius 3 is 1.57 bits per heavy atom. The molecule has 2 aliphatic heterocycles. The first-order valence-corrected chi connectivity index (χ1v) is 18.0. The van der Waals surface area contributed by atoms with Crippen LogP contribution in [-0.2, 0) is 69.1 Å². The summed E-state index contributed by atoms with van der Waals surface area (Å²) >= 11 is 0. The molecule has 0 aromatic heterocycles. The van der Waals surface area contributed by atoms with E-state index < -0.39 is 67.3 Å². The molecule has 4 aromatic rings. The van der Waals surface area contributed by atoms with E-state index >= 15 is 0 Å². The Bertz CT molecular complexity index is 1650. The topological polar surface area (TPSA) is 137 Å². The van der Waals surface area contributed by atoms with Gasteiger partial charge in [-0.15, -0.1) is 0 Å². The van der Waals surface area contributed by atoms with E-state index in [2.05, 4.69) is 0 Å². The van der Waals surface area contributed by atoms with Gasteiger partial charge in [-0.25, -0.2) is 0 Å². The van der Waals surface area contributed by atoms with Crippen LogP contribution in [0.4, 0.5) is 0 Å². The highest BCUT2D eigenvalue weighted by atomic mass is 16.7. The summed E-state index contributed by atoms with van der Waals surface area (Å²) in [6.07, 6.45) is -8.22. The molecule has 53 heavy (non-hydrogen) atoms. The molecule has 0 aliphatic carbocycles. The van der Waals surface area contributed by atoms with Crippen molar-refractivity contribution >= 4 is 5.97 Å². The summed E-state index contributed by atoms with van der Waals surface area (Å²) in [5.41, 5.74) is 10.4. The van der Waals surface area contributed by atoms with Crippen molar-refractivity contribution in [2.45, 2.75) is 102 Å². The molecular formula is C42H49NO10. The molecule has 2 heterocycles. The molecule has 11 heteroatoms. The monoisotopic (exact) mass is 727 g/mol. The van der Waals surface area contributed by atoms with Gasteiger partial charge >= 0.3 is 5.97 Å². The zero-order chi connectivity index (χ0) is 37.0. The molecule has 0 spiro atoms. The lowest BCUT2D eigenvalue weighted by molar-refractivity contribution is -0.351. The number of hydrogen-bond acceptors (Lipinski definition) is 11. The Morgan fingerprint density at radius 1 is 0.623 bits per heavy atom. The number of benzene rings is 4. The molecule has 282 valence electrons. The molecule has 4 aromatic carbocycles. The molecular weight excluding hydrogens is 678 g/mol. The minimum atomic E-state index is -1.45. The maximum atomic E-state index is 12.5. The molecule has 10 atom stereocenters. The van der Waals surface area contributed by atoms with Gasteiger partial charge in [0.15, 0.2) is 18.7 Å². The number of aliphatic hydroxyl groups is 1. The molecule has 0 bridgehead atoms. The summed E-state index contributed by atoms with van der Waals surface area (Å²) in [4.78, 5) is 12.5. The van der Waals surface area contributed by atoms with E-state index in [0.29, 0.717) is 6.61 Å². The molecule has 0 radical (unpaired) electrons. The third-order valence-corrected chi connectivity index (χ3v) is 9.28. The number of aliphatic hydroxyl groups excluding tert-OH is 1. The molecule has 11 nitrogen and oxygen atoms in total. The van der Waals surface area contributed by atoms with Crippen molar-refractivity contribution in [1.29, 1.82) is 0 Å². The molecule has 6 rings (SSSR count). The number of nitrogens with two attached hydrogens (primary N) is 1. The summed E-state index contributed by atoms with van der Waals surface area (Å²) in [7, 11) is 0. The highest BCUT2D eigenvalue weighted by molar-refractivity contribution is 5.66. The van der Waals surface area contributed by atoms with Crippen molar-refractivity contribution in [3.05, 3.63) is 144 Å². The fourth-order valence-corrected chi connectivity index (χ4v) is 6.58. The lowest BCUT2D eigenvalue weighted by atomic mass is 9.95. The van der Waals surface area contributed by atoms with Crippen molar-refractivity contribution in [3.63, 3.8) is 0 Å². The Hall–Kier alpha value is -4.01. The van der Waals surface area contributed by atoms with Crippen LogP contribution in [0, 0.1) is 0 Å². The number of esters is 1. The second kappa shape index (κ2) is 19.4. The Morgan fingerprint density at radius 2 is 1.08 bits per heavy atom. The van der Waals surface area contributed by atoms with E-state index in [1.54, 1.807) is 0 Å². The second-order valence-corrected chi connectivity index (χ2v) is 13.3. The average Bonchev–Trinajstić information content (AvgIpc) is 3.18. The lowest BCUT2D eigenvalue weighted by Gasteiger charge is -2.48. The Kier molecular flexibility index (Phi) is 14.1. The van der Waals surface area contributed by atoms with Gasteiger partial charge in [-0.1, -0.05) is 121 Å². The Balaban J connectivity index is 1.28. The fraction of sp³-hybridized carbons (Fsp3) is 0.405. The predicted molar refractivity (Wildman–Crippen MR) is 195 cm³/mol. The van der Waals surface area contributed by atoms with Gasteiger partial charge in [-0.05, 0) is 29.2 Å². The highest BCUT2D eigenvalue weighted by Gasteiger charge is 2.53. The third-order valence-electron chi connectivity index (χ3n) is 9.28. The van der Waals surface area contributed by atoms with E-state index in [4.69, 9.17) is 43.6 Å². The largest absolute Gasteiger partial charge is 0.457 e. The molecule has 3 N–H and O–H groups in total. The maximum Gasteiger partial charge on any atom is 0.303 e. The van der Waals surface area contributed by atoms with Crippen LogP contribution in [0.2, 0.25) is 0 Å². The van der Waals surface area contributed by atoms with E-state index in [1.165, 1.54) is 6.92 Å². The van der Waals surface area contributed by atoms with Gasteiger partial charge in [-0.3, -0.25) is 4.79 Å². The van der Waals surface area contributed by atoms with Crippen molar-refractivity contribution in [2.75, 3.05) is 6.61 Å². The van der Waals surface area contributed by atoms with Crippen LogP contribution in [0.1, 0.15) is 36.1 Å². The van der Waals surface area contributed by atoms with Crippen LogP contribution in [0.15, 0.2) is 121 Å². The van der Waals surface area contributed by atoms with Crippen LogP contribution < -0.4 is 5.73 Å². The smallest absolute Gasteiger partial charge is 0.303 e. The van der Waals surface area contributed by atoms with Gasteiger partial charge in [-0.2, -0.15) is 0 Å². The van der Waals surface area contributed by atoms with E-state index in [0.717, 1.165) is 22.3 Å². The van der Waals surface area contributed by atoms with Gasteiger partial charge in [0.2, 0.25) is 0 Å². The first-order chi connectivity index (χ1) is 25.9. The second-order valence-electron chi connectivity index (χ2n) is 13.3. The van der Waals surface area contributed by atoms with Crippen LogP contribution in [0.25, 0.3) is 0 Å². The van der Waals surface area contributed by atoms with Crippen molar-refractivity contribution in [1.82, 2.24) is 0 Å². The quantitative estimate of drug-likeness (QED) is 0.150. The number of ether oxygens (including phenoxy) is 8. The van der Waals surface area contributed by atoms with Gasteiger partial charge in [0.05, 0.1) is 45.2 Å². The van der Waals surface area contributed by atoms with Gasteiger partial charge in [0, 0.05) is 6.92 Å². The third kappa shape index (κ3) is 10.8.